The van der Waals surface area contributed by atoms with E-state index in [1.807, 2.05) is 0 Å². The first kappa shape index (κ1) is 14.8. The van der Waals surface area contributed by atoms with Crippen molar-refractivity contribution >= 4 is 17.3 Å². The Kier molecular flexibility index (Phi) is 4.36. The van der Waals surface area contributed by atoms with E-state index in [2.05, 4.69) is 0 Å². The summed E-state index contributed by atoms with van der Waals surface area (Å²) < 4.78 is 18.8. The predicted molar refractivity (Wildman–Crippen MR) is 73.8 cm³/mol. The zero-order valence-electron chi connectivity index (χ0n) is 10.5. The van der Waals surface area contributed by atoms with Crippen LogP contribution >= 0.6 is 11.6 Å². The monoisotopic (exact) mass is 306 g/mol. The molecule has 0 spiro atoms. The zero-order chi connectivity index (χ0) is 15.4. The Morgan fingerprint density at radius 3 is 2.67 bits per heavy atom. The average Bonchev–Trinajstić information content (AvgIpc) is 2.47. The molecule has 0 amide bonds. The Labute approximate surface area is 124 Å². The molecular weight excluding hydrogens is 299 g/mol. The maximum Gasteiger partial charge on any atom is 0.311 e. The number of alkyl halides is 1. The maximum atomic E-state index is 13.5. The van der Waals surface area contributed by atoms with E-state index in [-0.39, 0.29) is 28.6 Å². The smallest absolute Gasteiger partial charge is 0.311 e. The quantitative estimate of drug-likeness (QED) is 0.483. The molecule has 0 fully saturated rings. The molecule has 0 aliphatic heterocycles. The molecule has 0 N–H and O–H groups in total. The highest BCUT2D eigenvalue weighted by Crippen LogP contribution is 2.33. The Bertz CT molecular complexity index is 743. The highest BCUT2D eigenvalue weighted by molar-refractivity contribution is 6.17. The summed E-state index contributed by atoms with van der Waals surface area (Å²) in [6, 6.07) is 9.54. The Morgan fingerprint density at radius 1 is 1.33 bits per heavy atom. The van der Waals surface area contributed by atoms with Crippen molar-refractivity contribution in [1.29, 1.82) is 5.26 Å². The van der Waals surface area contributed by atoms with Crippen molar-refractivity contribution in [1.82, 2.24) is 0 Å². The van der Waals surface area contributed by atoms with Crippen LogP contribution in [0.2, 0.25) is 0 Å². The highest BCUT2D eigenvalue weighted by Gasteiger charge is 2.17. The Hall–Kier alpha value is -2.65. The standard InChI is InChI=1S/C14H8ClFN2O3/c15-7-9-1-4-14(13(5-9)18(19)20)21-11-3-2-10(8-17)12(16)6-11/h1-6H,7H2. The molecule has 7 heteroatoms. The van der Waals surface area contributed by atoms with Crippen LogP contribution in [0.5, 0.6) is 11.5 Å². The van der Waals surface area contributed by atoms with E-state index in [1.165, 1.54) is 24.3 Å². The van der Waals surface area contributed by atoms with Crippen molar-refractivity contribution < 1.29 is 14.1 Å². The van der Waals surface area contributed by atoms with Crippen LogP contribution in [0.1, 0.15) is 11.1 Å². The third-order valence-corrected chi connectivity index (χ3v) is 2.97. The van der Waals surface area contributed by atoms with Crippen molar-refractivity contribution in [2.45, 2.75) is 5.88 Å². The summed E-state index contributed by atoms with van der Waals surface area (Å²) >= 11 is 5.63. The van der Waals surface area contributed by atoms with Gasteiger partial charge < -0.3 is 4.74 Å². The third-order valence-electron chi connectivity index (χ3n) is 2.66. The van der Waals surface area contributed by atoms with Gasteiger partial charge in [0.15, 0.2) is 0 Å². The fourth-order valence-electron chi connectivity index (χ4n) is 1.65. The van der Waals surface area contributed by atoms with Crippen molar-refractivity contribution in [2.75, 3.05) is 0 Å². The second-order valence-electron chi connectivity index (χ2n) is 4.05. The minimum absolute atomic E-state index is 0.0297. The molecule has 2 aromatic rings. The number of nitro benzene ring substituents is 1. The van der Waals surface area contributed by atoms with E-state index in [0.29, 0.717) is 5.56 Å². The van der Waals surface area contributed by atoms with Gasteiger partial charge in [0.05, 0.1) is 10.5 Å². The largest absolute Gasteiger partial charge is 0.450 e. The molecule has 0 bridgehead atoms. The van der Waals surface area contributed by atoms with Gasteiger partial charge >= 0.3 is 5.69 Å². The minimum Gasteiger partial charge on any atom is -0.450 e. The number of halogens is 2. The second kappa shape index (κ2) is 6.20. The summed E-state index contributed by atoms with van der Waals surface area (Å²) in [6.45, 7) is 0. The summed E-state index contributed by atoms with van der Waals surface area (Å²) in [7, 11) is 0. The number of ether oxygens (including phenoxy) is 1. The molecule has 0 aliphatic rings. The molecule has 2 aromatic carbocycles. The van der Waals surface area contributed by atoms with Crippen LogP contribution in [0.4, 0.5) is 10.1 Å². The van der Waals surface area contributed by atoms with Gasteiger partial charge in [0.2, 0.25) is 5.75 Å². The third kappa shape index (κ3) is 3.27. The molecule has 0 unspecified atom stereocenters. The number of hydrogen-bond acceptors (Lipinski definition) is 4. The first-order chi connectivity index (χ1) is 10.0. The zero-order valence-corrected chi connectivity index (χ0v) is 11.3. The summed E-state index contributed by atoms with van der Waals surface area (Å²) in [6.07, 6.45) is 0. The first-order valence-corrected chi connectivity index (χ1v) is 6.29. The van der Waals surface area contributed by atoms with Gasteiger partial charge in [-0.15, -0.1) is 11.6 Å². The lowest BCUT2D eigenvalue weighted by Crippen LogP contribution is -1.95. The molecule has 5 nitrogen and oxygen atoms in total. The molecule has 0 radical (unpaired) electrons. The van der Waals surface area contributed by atoms with Crippen molar-refractivity contribution in [3.63, 3.8) is 0 Å². The minimum atomic E-state index is -0.755. The number of nitriles is 1. The number of nitrogens with zero attached hydrogens (tertiary/aromatic N) is 2. The summed E-state index contributed by atoms with van der Waals surface area (Å²) in [5.74, 6) is -0.590. The molecular formula is C14H8ClFN2O3. The molecule has 0 heterocycles. The van der Waals surface area contributed by atoms with Gasteiger partial charge in [-0.3, -0.25) is 10.1 Å². The van der Waals surface area contributed by atoms with Crippen molar-refractivity contribution in [2.24, 2.45) is 0 Å². The van der Waals surface area contributed by atoms with Gasteiger partial charge in [0, 0.05) is 18.0 Å². The SMILES string of the molecule is N#Cc1ccc(Oc2ccc(CCl)cc2[N+](=O)[O-])cc1F. The van der Waals surface area contributed by atoms with E-state index in [1.54, 1.807) is 12.1 Å². The van der Waals surface area contributed by atoms with Crippen LogP contribution in [0.3, 0.4) is 0 Å². The van der Waals surface area contributed by atoms with Crippen LogP contribution in [-0.2, 0) is 5.88 Å². The lowest BCUT2D eigenvalue weighted by atomic mass is 10.2. The van der Waals surface area contributed by atoms with Gasteiger partial charge in [-0.2, -0.15) is 5.26 Å². The van der Waals surface area contributed by atoms with Crippen LogP contribution < -0.4 is 4.74 Å². The topological polar surface area (TPSA) is 76.2 Å². The lowest BCUT2D eigenvalue weighted by Gasteiger charge is -2.07. The summed E-state index contributed by atoms with van der Waals surface area (Å²) in [5.41, 5.74) is 0.175. The van der Waals surface area contributed by atoms with Gasteiger partial charge in [-0.25, -0.2) is 4.39 Å². The predicted octanol–water partition coefficient (Wildman–Crippen LogP) is 4.14. The van der Waals surface area contributed by atoms with E-state index in [0.717, 1.165) is 6.07 Å². The second-order valence-corrected chi connectivity index (χ2v) is 4.32. The van der Waals surface area contributed by atoms with E-state index < -0.39 is 10.7 Å². The van der Waals surface area contributed by atoms with Gasteiger partial charge in [-0.05, 0) is 23.8 Å². The molecule has 106 valence electrons. The van der Waals surface area contributed by atoms with Crippen LogP contribution in [0, 0.1) is 27.3 Å². The summed E-state index contributed by atoms with van der Waals surface area (Å²) in [5, 5.41) is 19.7. The molecule has 0 saturated carbocycles. The lowest BCUT2D eigenvalue weighted by molar-refractivity contribution is -0.385. The first-order valence-electron chi connectivity index (χ1n) is 5.76. The molecule has 0 saturated heterocycles. The van der Waals surface area contributed by atoms with Crippen LogP contribution in [0.25, 0.3) is 0 Å². The van der Waals surface area contributed by atoms with Crippen LogP contribution in [0.15, 0.2) is 36.4 Å². The van der Waals surface area contributed by atoms with Crippen molar-refractivity contribution in [3.05, 3.63) is 63.5 Å². The number of benzene rings is 2. The van der Waals surface area contributed by atoms with E-state index >= 15 is 0 Å². The fourth-order valence-corrected chi connectivity index (χ4v) is 1.82. The molecule has 21 heavy (non-hydrogen) atoms. The number of nitro groups is 1. The highest BCUT2D eigenvalue weighted by atomic mass is 35.5. The van der Waals surface area contributed by atoms with E-state index in [9.17, 15) is 14.5 Å². The van der Waals surface area contributed by atoms with Gasteiger partial charge in [-0.1, -0.05) is 6.07 Å². The number of hydrogen-bond donors (Lipinski definition) is 0. The maximum absolute atomic E-state index is 13.5. The normalized spacial score (nSPS) is 9.95. The number of rotatable bonds is 4. The van der Waals surface area contributed by atoms with Gasteiger partial charge in [0.1, 0.15) is 17.6 Å². The molecule has 2 rings (SSSR count). The Balaban J connectivity index is 2.37. The van der Waals surface area contributed by atoms with E-state index in [4.69, 9.17) is 21.6 Å². The van der Waals surface area contributed by atoms with Gasteiger partial charge in [0.25, 0.3) is 0 Å². The molecule has 0 atom stereocenters. The van der Waals surface area contributed by atoms with Crippen LogP contribution in [-0.4, -0.2) is 4.92 Å². The fraction of sp³-hybridized carbons (Fsp3) is 0.0714. The molecule has 0 aromatic heterocycles. The van der Waals surface area contributed by atoms with Crippen molar-refractivity contribution in [3.8, 4) is 17.6 Å². The Morgan fingerprint density at radius 2 is 2.10 bits per heavy atom. The molecule has 0 aliphatic carbocycles. The average molecular weight is 307 g/mol. The summed E-state index contributed by atoms with van der Waals surface area (Å²) in [4.78, 5) is 10.4.